The van der Waals surface area contributed by atoms with Crippen molar-refractivity contribution in [2.45, 2.75) is 52.7 Å². The summed E-state index contributed by atoms with van der Waals surface area (Å²) in [5, 5.41) is 2.82. The van der Waals surface area contributed by atoms with E-state index < -0.39 is 34.3 Å². The van der Waals surface area contributed by atoms with Crippen molar-refractivity contribution in [3.63, 3.8) is 0 Å². The Kier molecular flexibility index (Phi) is 9.64. The van der Waals surface area contributed by atoms with Crippen LogP contribution in [0.4, 0.5) is 10.1 Å². The lowest BCUT2D eigenvalue weighted by Gasteiger charge is -2.33. The number of anilines is 1. The molecule has 0 radical (unpaired) electrons. The van der Waals surface area contributed by atoms with E-state index in [1.165, 1.54) is 36.3 Å². The minimum absolute atomic E-state index is 0.00564. The number of ether oxygens (including phenoxy) is 1. The van der Waals surface area contributed by atoms with Gasteiger partial charge >= 0.3 is 0 Å². The van der Waals surface area contributed by atoms with Gasteiger partial charge in [-0.1, -0.05) is 25.1 Å². The van der Waals surface area contributed by atoms with Gasteiger partial charge in [0.1, 0.15) is 24.2 Å². The van der Waals surface area contributed by atoms with E-state index in [-0.39, 0.29) is 24.2 Å². The fourth-order valence-corrected chi connectivity index (χ4v) is 4.52. The molecule has 0 aliphatic carbocycles. The molecular weight excluding hydrogens is 473 g/mol. The Morgan fingerprint density at radius 1 is 1.11 bits per heavy atom. The number of sulfonamides is 1. The van der Waals surface area contributed by atoms with Crippen LogP contribution in [0.3, 0.4) is 0 Å². The van der Waals surface area contributed by atoms with Crippen LogP contribution in [0.2, 0.25) is 0 Å². The molecule has 0 bridgehead atoms. The predicted octanol–water partition coefficient (Wildman–Crippen LogP) is 3.24. The standard InChI is InChI=1S/C25H34FN3O5S/c1-7-21(25(31)27-17(2)3)28(15-19-9-11-20(26)12-10-19)24(30)16-29(35(6,32)33)22-14-18(4)8-13-23(22)34-5/h8-14,17,21H,7,15-16H2,1-6H3,(H,27,31)/t21-/m0/s1. The van der Waals surface area contributed by atoms with Crippen molar-refractivity contribution in [3.8, 4) is 5.75 Å². The van der Waals surface area contributed by atoms with E-state index in [1.807, 2.05) is 13.8 Å². The third-order valence-electron chi connectivity index (χ3n) is 5.37. The molecule has 0 spiro atoms. The molecule has 0 aliphatic rings. The summed E-state index contributed by atoms with van der Waals surface area (Å²) >= 11 is 0. The van der Waals surface area contributed by atoms with Gasteiger partial charge in [0.05, 0.1) is 19.1 Å². The highest BCUT2D eigenvalue weighted by atomic mass is 32.2. The lowest BCUT2D eigenvalue weighted by Crippen LogP contribution is -2.53. The molecule has 0 aliphatic heterocycles. The third kappa shape index (κ3) is 7.68. The molecule has 2 amide bonds. The Morgan fingerprint density at radius 2 is 1.74 bits per heavy atom. The SMILES string of the molecule is CC[C@@H](C(=O)NC(C)C)N(Cc1ccc(F)cc1)C(=O)CN(c1cc(C)ccc1OC)S(C)(=O)=O. The Morgan fingerprint density at radius 3 is 2.26 bits per heavy atom. The van der Waals surface area contributed by atoms with Crippen LogP contribution in [0.25, 0.3) is 0 Å². The topological polar surface area (TPSA) is 96.0 Å². The van der Waals surface area contributed by atoms with Gasteiger partial charge in [0.2, 0.25) is 21.8 Å². The Bertz CT molecular complexity index is 1140. The van der Waals surface area contributed by atoms with E-state index in [1.54, 1.807) is 32.0 Å². The summed E-state index contributed by atoms with van der Waals surface area (Å²) in [7, 11) is -2.47. The Balaban J connectivity index is 2.50. The lowest BCUT2D eigenvalue weighted by molar-refractivity contribution is -0.140. The maximum absolute atomic E-state index is 13.6. The van der Waals surface area contributed by atoms with Crippen molar-refractivity contribution in [2.24, 2.45) is 0 Å². The number of carbonyl (C=O) groups is 2. The summed E-state index contributed by atoms with van der Waals surface area (Å²) in [5.74, 6) is -1.06. The maximum Gasteiger partial charge on any atom is 0.244 e. The summed E-state index contributed by atoms with van der Waals surface area (Å²) in [5.41, 5.74) is 1.62. The van der Waals surface area contributed by atoms with E-state index in [4.69, 9.17) is 4.74 Å². The van der Waals surface area contributed by atoms with Crippen LogP contribution in [-0.2, 0) is 26.2 Å². The minimum atomic E-state index is -3.89. The molecule has 35 heavy (non-hydrogen) atoms. The average molecular weight is 508 g/mol. The number of carbonyl (C=O) groups excluding carboxylic acids is 2. The quantitative estimate of drug-likeness (QED) is 0.504. The number of nitrogens with one attached hydrogen (secondary N) is 1. The number of rotatable bonds is 11. The summed E-state index contributed by atoms with van der Waals surface area (Å²) in [4.78, 5) is 27.9. The first-order valence-electron chi connectivity index (χ1n) is 11.3. The van der Waals surface area contributed by atoms with Gasteiger partial charge in [-0.2, -0.15) is 0 Å². The summed E-state index contributed by atoms with van der Waals surface area (Å²) in [6.45, 7) is 6.66. The van der Waals surface area contributed by atoms with Crippen LogP contribution in [0.1, 0.15) is 38.3 Å². The zero-order chi connectivity index (χ0) is 26.3. The number of amides is 2. The van der Waals surface area contributed by atoms with Crippen molar-refractivity contribution >= 4 is 27.5 Å². The monoisotopic (exact) mass is 507 g/mol. The van der Waals surface area contributed by atoms with Gasteiger partial charge in [0, 0.05) is 12.6 Å². The second-order valence-electron chi connectivity index (χ2n) is 8.68. The summed E-state index contributed by atoms with van der Waals surface area (Å²) in [6.07, 6.45) is 1.31. The molecule has 10 heteroatoms. The molecule has 0 heterocycles. The third-order valence-corrected chi connectivity index (χ3v) is 6.49. The highest BCUT2D eigenvalue weighted by Crippen LogP contribution is 2.31. The number of benzene rings is 2. The van der Waals surface area contributed by atoms with Gasteiger partial charge in [0.15, 0.2) is 0 Å². The molecule has 0 saturated heterocycles. The Labute approximate surface area is 207 Å². The average Bonchev–Trinajstić information content (AvgIpc) is 2.77. The highest BCUT2D eigenvalue weighted by molar-refractivity contribution is 7.92. The number of methoxy groups -OCH3 is 1. The van der Waals surface area contributed by atoms with Gasteiger partial charge in [-0.15, -0.1) is 0 Å². The van der Waals surface area contributed by atoms with Crippen molar-refractivity contribution in [1.29, 1.82) is 0 Å². The molecule has 8 nitrogen and oxygen atoms in total. The molecule has 0 saturated carbocycles. The number of halogens is 1. The van der Waals surface area contributed by atoms with E-state index in [0.717, 1.165) is 16.1 Å². The molecular formula is C25H34FN3O5S. The first kappa shape index (κ1) is 28.1. The maximum atomic E-state index is 13.6. The predicted molar refractivity (Wildman–Crippen MR) is 134 cm³/mol. The van der Waals surface area contributed by atoms with Gasteiger partial charge in [-0.05, 0) is 62.6 Å². The summed E-state index contributed by atoms with van der Waals surface area (Å²) < 4.78 is 45.3. The molecule has 0 aromatic heterocycles. The van der Waals surface area contributed by atoms with E-state index in [0.29, 0.717) is 17.7 Å². The molecule has 0 unspecified atom stereocenters. The number of aryl methyl sites for hydroxylation is 1. The van der Waals surface area contributed by atoms with Crippen molar-refractivity contribution in [2.75, 3.05) is 24.2 Å². The van der Waals surface area contributed by atoms with Crippen LogP contribution in [0, 0.1) is 12.7 Å². The molecule has 192 valence electrons. The van der Waals surface area contributed by atoms with Crippen LogP contribution in [0.5, 0.6) is 5.75 Å². The van der Waals surface area contributed by atoms with Crippen molar-refractivity contribution in [1.82, 2.24) is 10.2 Å². The normalized spacial score (nSPS) is 12.2. The van der Waals surface area contributed by atoms with Gasteiger partial charge in [0.25, 0.3) is 0 Å². The van der Waals surface area contributed by atoms with E-state index >= 15 is 0 Å². The zero-order valence-electron chi connectivity index (χ0n) is 21.0. The zero-order valence-corrected chi connectivity index (χ0v) is 21.9. The largest absolute Gasteiger partial charge is 0.495 e. The molecule has 2 aromatic rings. The van der Waals surface area contributed by atoms with Crippen LogP contribution in [-0.4, -0.2) is 57.1 Å². The fourth-order valence-electron chi connectivity index (χ4n) is 3.68. The van der Waals surface area contributed by atoms with Gasteiger partial charge < -0.3 is 15.0 Å². The highest BCUT2D eigenvalue weighted by Gasteiger charge is 2.32. The number of hydrogen-bond donors (Lipinski definition) is 1. The van der Waals surface area contributed by atoms with Gasteiger partial charge in [-0.25, -0.2) is 12.8 Å². The molecule has 1 N–H and O–H groups in total. The second-order valence-corrected chi connectivity index (χ2v) is 10.6. The lowest BCUT2D eigenvalue weighted by atomic mass is 10.1. The number of nitrogens with zero attached hydrogens (tertiary/aromatic N) is 2. The molecule has 2 rings (SSSR count). The molecule has 2 aromatic carbocycles. The minimum Gasteiger partial charge on any atom is -0.495 e. The van der Waals surface area contributed by atoms with Gasteiger partial charge in [-0.3, -0.25) is 13.9 Å². The van der Waals surface area contributed by atoms with E-state index in [2.05, 4.69) is 5.32 Å². The van der Waals surface area contributed by atoms with Crippen LogP contribution in [0.15, 0.2) is 42.5 Å². The fraction of sp³-hybridized carbons (Fsp3) is 0.440. The molecule has 0 fully saturated rings. The first-order valence-corrected chi connectivity index (χ1v) is 13.2. The summed E-state index contributed by atoms with van der Waals surface area (Å²) in [6, 6.07) is 9.63. The van der Waals surface area contributed by atoms with E-state index in [9.17, 15) is 22.4 Å². The smallest absolute Gasteiger partial charge is 0.244 e. The second kappa shape index (κ2) is 12.0. The Hall–Kier alpha value is -3.14. The van der Waals surface area contributed by atoms with Crippen LogP contribution < -0.4 is 14.4 Å². The van der Waals surface area contributed by atoms with Crippen LogP contribution >= 0.6 is 0 Å². The number of hydrogen-bond acceptors (Lipinski definition) is 5. The van der Waals surface area contributed by atoms with Crippen molar-refractivity contribution in [3.05, 3.63) is 59.4 Å². The molecule has 1 atom stereocenters. The van der Waals surface area contributed by atoms with Crippen molar-refractivity contribution < 1.29 is 27.1 Å². The first-order chi connectivity index (χ1) is 16.4.